The summed E-state index contributed by atoms with van der Waals surface area (Å²) in [6.07, 6.45) is 3.26. The van der Waals surface area contributed by atoms with Crippen molar-refractivity contribution in [3.63, 3.8) is 0 Å². The molecule has 1 aromatic rings. The van der Waals surface area contributed by atoms with Crippen molar-refractivity contribution in [1.82, 2.24) is 0 Å². The summed E-state index contributed by atoms with van der Waals surface area (Å²) in [6, 6.07) is 4.43. The molecule has 2 bridgehead atoms. The van der Waals surface area contributed by atoms with E-state index in [4.69, 9.17) is 10.5 Å². The number of rotatable bonds is 4. The molecule has 0 radical (unpaired) electrons. The molecule has 1 aromatic carbocycles. The standard InChI is InChI=1S/C16H21FN2O2.ClH/c1-2-21-13-6-5-11(8-12(13)17)19-16(20)14-9-3-4-10(7-9)15(14)18;/h5-6,8-10,14-15H,2-4,7,18H2,1H3,(H,19,20);1H. The second-order valence-corrected chi connectivity index (χ2v) is 6.00. The van der Waals surface area contributed by atoms with Gasteiger partial charge in [-0.25, -0.2) is 4.39 Å². The first-order valence-corrected chi connectivity index (χ1v) is 7.59. The summed E-state index contributed by atoms with van der Waals surface area (Å²) >= 11 is 0. The number of hydrogen-bond acceptors (Lipinski definition) is 3. The molecule has 22 heavy (non-hydrogen) atoms. The lowest BCUT2D eigenvalue weighted by Gasteiger charge is -2.27. The minimum atomic E-state index is -0.466. The van der Waals surface area contributed by atoms with E-state index >= 15 is 0 Å². The van der Waals surface area contributed by atoms with E-state index < -0.39 is 5.82 Å². The Morgan fingerprint density at radius 1 is 1.41 bits per heavy atom. The zero-order chi connectivity index (χ0) is 15.0. The summed E-state index contributed by atoms with van der Waals surface area (Å²) in [5.74, 6) is 0.371. The first-order chi connectivity index (χ1) is 10.1. The van der Waals surface area contributed by atoms with Gasteiger partial charge in [-0.15, -0.1) is 12.4 Å². The number of benzene rings is 1. The van der Waals surface area contributed by atoms with Crippen LogP contribution in [-0.4, -0.2) is 18.6 Å². The van der Waals surface area contributed by atoms with Gasteiger partial charge in [-0.2, -0.15) is 0 Å². The molecule has 3 rings (SSSR count). The van der Waals surface area contributed by atoms with Gasteiger partial charge < -0.3 is 15.8 Å². The van der Waals surface area contributed by atoms with Gasteiger partial charge in [-0.05, 0) is 50.2 Å². The molecule has 1 amide bonds. The Morgan fingerprint density at radius 2 is 2.14 bits per heavy atom. The molecule has 122 valence electrons. The third-order valence-corrected chi connectivity index (χ3v) is 4.78. The molecule has 0 aromatic heterocycles. The lowest BCUT2D eigenvalue weighted by Crippen LogP contribution is -2.42. The third kappa shape index (κ3) is 3.06. The Kier molecular flexibility index (Phi) is 5.29. The lowest BCUT2D eigenvalue weighted by atomic mass is 9.84. The molecule has 3 N–H and O–H groups in total. The normalized spacial score (nSPS) is 29.0. The smallest absolute Gasteiger partial charge is 0.229 e. The monoisotopic (exact) mass is 328 g/mol. The molecule has 0 heterocycles. The summed E-state index contributed by atoms with van der Waals surface area (Å²) in [5.41, 5.74) is 6.61. The van der Waals surface area contributed by atoms with Crippen molar-refractivity contribution >= 4 is 24.0 Å². The fraction of sp³-hybridized carbons (Fsp3) is 0.562. The maximum absolute atomic E-state index is 13.8. The van der Waals surface area contributed by atoms with Crippen LogP contribution in [0, 0.1) is 23.6 Å². The van der Waals surface area contributed by atoms with Crippen LogP contribution in [0.1, 0.15) is 26.2 Å². The number of halogens is 2. The topological polar surface area (TPSA) is 64.3 Å². The second kappa shape index (κ2) is 6.84. The second-order valence-electron chi connectivity index (χ2n) is 6.00. The van der Waals surface area contributed by atoms with Crippen molar-refractivity contribution in [2.75, 3.05) is 11.9 Å². The van der Waals surface area contributed by atoms with Crippen molar-refractivity contribution in [2.45, 2.75) is 32.2 Å². The number of fused-ring (bicyclic) bond motifs is 2. The molecule has 6 heteroatoms. The molecule has 2 aliphatic carbocycles. The summed E-state index contributed by atoms with van der Waals surface area (Å²) < 4.78 is 18.9. The SMILES string of the molecule is CCOc1ccc(NC(=O)C2C3CCC(C3)C2N)cc1F.Cl. The van der Waals surface area contributed by atoms with Gasteiger partial charge in [-0.1, -0.05) is 0 Å². The molecule has 2 saturated carbocycles. The molecule has 4 atom stereocenters. The predicted octanol–water partition coefficient (Wildman–Crippen LogP) is 2.96. The van der Waals surface area contributed by atoms with Crippen molar-refractivity contribution in [3.05, 3.63) is 24.0 Å². The van der Waals surface area contributed by atoms with Gasteiger partial charge >= 0.3 is 0 Å². The van der Waals surface area contributed by atoms with Crippen LogP contribution in [0.25, 0.3) is 0 Å². The van der Waals surface area contributed by atoms with Crippen LogP contribution in [0.4, 0.5) is 10.1 Å². The van der Waals surface area contributed by atoms with Gasteiger partial charge in [0.05, 0.1) is 12.5 Å². The number of amides is 1. The number of nitrogens with two attached hydrogens (primary N) is 1. The fourth-order valence-corrected chi connectivity index (χ4v) is 3.80. The highest BCUT2D eigenvalue weighted by Crippen LogP contribution is 2.47. The van der Waals surface area contributed by atoms with Crippen molar-refractivity contribution in [1.29, 1.82) is 0 Å². The average molecular weight is 329 g/mol. The quantitative estimate of drug-likeness (QED) is 0.893. The maximum atomic E-state index is 13.8. The van der Waals surface area contributed by atoms with Crippen LogP contribution in [0.15, 0.2) is 18.2 Å². The van der Waals surface area contributed by atoms with Gasteiger partial charge in [0, 0.05) is 17.8 Å². The number of anilines is 1. The van der Waals surface area contributed by atoms with Crippen LogP contribution in [0.3, 0.4) is 0 Å². The fourth-order valence-electron chi connectivity index (χ4n) is 3.80. The molecule has 2 aliphatic rings. The Balaban J connectivity index is 0.00000176. The first-order valence-electron chi connectivity index (χ1n) is 7.59. The number of hydrogen-bond donors (Lipinski definition) is 2. The molecule has 4 unspecified atom stereocenters. The van der Waals surface area contributed by atoms with E-state index in [9.17, 15) is 9.18 Å². The predicted molar refractivity (Wildman–Crippen MR) is 85.7 cm³/mol. The number of carbonyl (C=O) groups excluding carboxylic acids is 1. The molecule has 0 aliphatic heterocycles. The van der Waals surface area contributed by atoms with Crippen molar-refractivity contribution in [3.8, 4) is 5.75 Å². The molecular formula is C16H22ClFN2O2. The Labute approximate surface area is 136 Å². The zero-order valence-corrected chi connectivity index (χ0v) is 13.4. The largest absolute Gasteiger partial charge is 0.491 e. The van der Waals surface area contributed by atoms with Crippen molar-refractivity contribution in [2.24, 2.45) is 23.5 Å². The molecule has 4 nitrogen and oxygen atoms in total. The molecule has 2 fully saturated rings. The van der Waals surface area contributed by atoms with E-state index in [-0.39, 0.29) is 36.0 Å². The summed E-state index contributed by atoms with van der Waals surface area (Å²) in [6.45, 7) is 2.20. The van der Waals surface area contributed by atoms with Crippen LogP contribution < -0.4 is 15.8 Å². The summed E-state index contributed by atoms with van der Waals surface area (Å²) in [7, 11) is 0. The van der Waals surface area contributed by atoms with E-state index in [1.807, 2.05) is 0 Å². The molecule has 0 saturated heterocycles. The Bertz CT molecular complexity index is 553. The van der Waals surface area contributed by atoms with E-state index in [1.54, 1.807) is 13.0 Å². The van der Waals surface area contributed by atoms with Crippen LogP contribution in [-0.2, 0) is 4.79 Å². The van der Waals surface area contributed by atoms with E-state index in [2.05, 4.69) is 5.32 Å². The van der Waals surface area contributed by atoms with Crippen LogP contribution in [0.2, 0.25) is 0 Å². The van der Waals surface area contributed by atoms with Gasteiger partial charge in [0.1, 0.15) is 0 Å². The zero-order valence-electron chi connectivity index (χ0n) is 12.5. The minimum absolute atomic E-state index is 0. The van der Waals surface area contributed by atoms with Gasteiger partial charge in [0.15, 0.2) is 11.6 Å². The molecule has 0 spiro atoms. The summed E-state index contributed by atoms with van der Waals surface area (Å²) in [4.78, 5) is 12.4. The minimum Gasteiger partial charge on any atom is -0.491 e. The van der Waals surface area contributed by atoms with Gasteiger partial charge in [0.2, 0.25) is 5.91 Å². The Hall–Kier alpha value is -1.33. The maximum Gasteiger partial charge on any atom is 0.229 e. The highest BCUT2D eigenvalue weighted by atomic mass is 35.5. The van der Waals surface area contributed by atoms with E-state index in [0.29, 0.717) is 24.1 Å². The van der Waals surface area contributed by atoms with E-state index in [0.717, 1.165) is 19.3 Å². The number of nitrogens with one attached hydrogen (secondary N) is 1. The van der Waals surface area contributed by atoms with Crippen LogP contribution >= 0.6 is 12.4 Å². The first kappa shape index (κ1) is 17.0. The highest BCUT2D eigenvalue weighted by Gasteiger charge is 2.49. The van der Waals surface area contributed by atoms with Gasteiger partial charge in [-0.3, -0.25) is 4.79 Å². The lowest BCUT2D eigenvalue weighted by molar-refractivity contribution is -0.121. The third-order valence-electron chi connectivity index (χ3n) is 4.78. The van der Waals surface area contributed by atoms with Crippen molar-refractivity contribution < 1.29 is 13.9 Å². The van der Waals surface area contributed by atoms with E-state index in [1.165, 1.54) is 12.1 Å². The van der Waals surface area contributed by atoms with Gasteiger partial charge in [0.25, 0.3) is 0 Å². The summed E-state index contributed by atoms with van der Waals surface area (Å²) in [5, 5.41) is 2.79. The highest BCUT2D eigenvalue weighted by molar-refractivity contribution is 5.93. The number of ether oxygens (including phenoxy) is 1. The average Bonchev–Trinajstić information content (AvgIpc) is 3.02. The Morgan fingerprint density at radius 3 is 2.73 bits per heavy atom. The molecular weight excluding hydrogens is 307 g/mol. The number of carbonyl (C=O) groups is 1. The van der Waals surface area contributed by atoms with Crippen LogP contribution in [0.5, 0.6) is 5.75 Å².